The van der Waals surface area contributed by atoms with Crippen LogP contribution in [0.4, 0.5) is 8.78 Å². The quantitative estimate of drug-likeness (QED) is 0.769. The molecule has 4 rings (SSSR count). The number of aliphatic hydroxyl groups is 1. The Kier molecular flexibility index (Phi) is 3.08. The largest absolute Gasteiger partial charge is 0.390 e. The smallest absolute Gasteiger partial charge is 0.376 e. The Morgan fingerprint density at radius 2 is 1.71 bits per heavy atom. The molecular formula is C13H18F2O5S. The van der Waals surface area contributed by atoms with Crippen molar-refractivity contribution in [2.24, 2.45) is 17.3 Å². The maximum absolute atomic E-state index is 13.4. The lowest BCUT2D eigenvalue weighted by Gasteiger charge is -2.59. The molecule has 0 amide bonds. The fraction of sp³-hybridized carbons (Fsp3) is 0.923. The molecule has 0 spiro atoms. The van der Waals surface area contributed by atoms with E-state index in [4.69, 9.17) is 4.55 Å². The van der Waals surface area contributed by atoms with E-state index >= 15 is 0 Å². The minimum Gasteiger partial charge on any atom is -0.390 e. The fourth-order valence-electron chi connectivity index (χ4n) is 5.01. The molecule has 120 valence electrons. The highest BCUT2D eigenvalue weighted by molar-refractivity contribution is 7.86. The zero-order valence-corrected chi connectivity index (χ0v) is 12.2. The third-order valence-electron chi connectivity index (χ3n) is 5.37. The summed E-state index contributed by atoms with van der Waals surface area (Å²) in [6.45, 7) is 0. The monoisotopic (exact) mass is 324 g/mol. The minimum absolute atomic E-state index is 0.132. The van der Waals surface area contributed by atoms with Gasteiger partial charge in [0.15, 0.2) is 0 Å². The zero-order valence-electron chi connectivity index (χ0n) is 11.4. The molecule has 21 heavy (non-hydrogen) atoms. The molecule has 5 nitrogen and oxygen atoms in total. The van der Waals surface area contributed by atoms with Crippen LogP contribution in [0.25, 0.3) is 0 Å². The average molecular weight is 324 g/mol. The Bertz CT molecular complexity index is 571. The molecule has 0 heterocycles. The third kappa shape index (κ3) is 2.41. The van der Waals surface area contributed by atoms with Crippen LogP contribution in [0.5, 0.6) is 0 Å². The molecule has 0 radical (unpaired) electrons. The maximum Gasteiger partial charge on any atom is 0.376 e. The second kappa shape index (κ2) is 4.23. The van der Waals surface area contributed by atoms with Crippen LogP contribution in [0.3, 0.4) is 0 Å². The van der Waals surface area contributed by atoms with Gasteiger partial charge in [0, 0.05) is 5.41 Å². The molecule has 0 aromatic rings. The normalized spacial score (nSPS) is 42.3. The van der Waals surface area contributed by atoms with Gasteiger partial charge >= 0.3 is 15.4 Å². The molecular weight excluding hydrogens is 306 g/mol. The molecule has 0 saturated heterocycles. The molecule has 4 aliphatic carbocycles. The first kappa shape index (κ1) is 15.3. The van der Waals surface area contributed by atoms with Crippen LogP contribution in [-0.2, 0) is 14.9 Å². The van der Waals surface area contributed by atoms with Crippen molar-refractivity contribution in [2.45, 2.75) is 55.8 Å². The van der Waals surface area contributed by atoms with Crippen LogP contribution < -0.4 is 0 Å². The van der Waals surface area contributed by atoms with Gasteiger partial charge in [0.2, 0.25) is 0 Å². The summed E-state index contributed by atoms with van der Waals surface area (Å²) in [7, 11) is -5.60. The predicted molar refractivity (Wildman–Crippen MR) is 68.2 cm³/mol. The van der Waals surface area contributed by atoms with E-state index < -0.39 is 38.6 Å². The van der Waals surface area contributed by atoms with E-state index in [1.54, 1.807) is 0 Å². The molecule has 4 bridgehead atoms. The van der Waals surface area contributed by atoms with E-state index in [1.807, 2.05) is 0 Å². The van der Waals surface area contributed by atoms with Crippen molar-refractivity contribution >= 4 is 15.9 Å². The molecule has 2 unspecified atom stereocenters. The van der Waals surface area contributed by atoms with Gasteiger partial charge in [-0.15, -0.1) is 0 Å². The van der Waals surface area contributed by atoms with Crippen LogP contribution in [0.1, 0.15) is 44.9 Å². The number of rotatable bonds is 4. The van der Waals surface area contributed by atoms with Crippen LogP contribution >= 0.6 is 0 Å². The Morgan fingerprint density at radius 3 is 2.14 bits per heavy atom. The zero-order chi connectivity index (χ0) is 15.7. The van der Waals surface area contributed by atoms with Gasteiger partial charge in [0.25, 0.3) is 0 Å². The lowest BCUT2D eigenvalue weighted by molar-refractivity contribution is -0.178. The number of Topliss-reactive ketones (excluding diaryl/α,β-unsaturated/α-hetero) is 1. The van der Waals surface area contributed by atoms with Gasteiger partial charge in [-0.25, -0.2) is 0 Å². The lowest BCUT2D eigenvalue weighted by Crippen LogP contribution is -2.58. The highest BCUT2D eigenvalue weighted by Gasteiger charge is 2.61. The summed E-state index contributed by atoms with van der Waals surface area (Å²) in [4.78, 5) is 12.3. The fourth-order valence-corrected chi connectivity index (χ4v) is 5.32. The van der Waals surface area contributed by atoms with Crippen molar-refractivity contribution in [3.8, 4) is 0 Å². The van der Waals surface area contributed by atoms with Crippen molar-refractivity contribution in [1.82, 2.24) is 0 Å². The summed E-state index contributed by atoms with van der Waals surface area (Å²) in [5.74, 6) is -0.572. The molecule has 4 saturated carbocycles. The molecule has 8 heteroatoms. The predicted octanol–water partition coefficient (Wildman–Crippen LogP) is 1.76. The maximum atomic E-state index is 13.4. The second-order valence-corrected chi connectivity index (χ2v) is 8.73. The molecule has 2 N–H and O–H groups in total. The number of carbonyl (C=O) groups is 1. The molecule has 2 atom stereocenters. The van der Waals surface area contributed by atoms with E-state index in [1.165, 1.54) is 0 Å². The third-order valence-corrected chi connectivity index (χ3v) is 6.26. The first-order chi connectivity index (χ1) is 9.45. The van der Waals surface area contributed by atoms with Gasteiger partial charge in [0.1, 0.15) is 5.78 Å². The average Bonchev–Trinajstić information content (AvgIpc) is 2.22. The van der Waals surface area contributed by atoms with Crippen LogP contribution in [0.2, 0.25) is 0 Å². The minimum atomic E-state index is -5.60. The SMILES string of the molecule is O=C(CC(F)(F)S(=O)(=O)O)C12CC3CC(CC(O)(C3)C1)C2. The Labute approximate surface area is 121 Å². The van der Waals surface area contributed by atoms with Crippen LogP contribution in [0, 0.1) is 17.3 Å². The van der Waals surface area contributed by atoms with Gasteiger partial charge in [-0.2, -0.15) is 17.2 Å². The van der Waals surface area contributed by atoms with Crippen molar-refractivity contribution in [1.29, 1.82) is 0 Å². The number of hydrogen-bond acceptors (Lipinski definition) is 4. The number of alkyl halides is 2. The Hall–Kier alpha value is -0.600. The first-order valence-electron chi connectivity index (χ1n) is 7.05. The molecule has 0 aromatic carbocycles. The lowest BCUT2D eigenvalue weighted by atomic mass is 9.46. The van der Waals surface area contributed by atoms with E-state index in [-0.39, 0.29) is 18.3 Å². The topological polar surface area (TPSA) is 91.7 Å². The van der Waals surface area contributed by atoms with Crippen LogP contribution in [-0.4, -0.2) is 34.7 Å². The molecule has 0 aliphatic heterocycles. The van der Waals surface area contributed by atoms with Gasteiger partial charge in [-0.1, -0.05) is 0 Å². The van der Waals surface area contributed by atoms with Crippen molar-refractivity contribution in [2.75, 3.05) is 0 Å². The Balaban J connectivity index is 1.85. The molecule has 0 aromatic heterocycles. The summed E-state index contributed by atoms with van der Waals surface area (Å²) in [5.41, 5.74) is -2.03. The summed E-state index contributed by atoms with van der Waals surface area (Å²) < 4.78 is 56.8. The summed E-state index contributed by atoms with van der Waals surface area (Å²) in [6.07, 6.45) is 1.57. The standard InChI is InChI=1S/C13H18F2O5S/c14-13(15,21(18,19)20)6-10(16)11-2-8-1-9(3-11)5-12(17,4-8)7-11/h8-9,17H,1-7H2,(H,18,19,20). The van der Waals surface area contributed by atoms with Gasteiger partial charge in [-0.3, -0.25) is 9.35 Å². The second-order valence-electron chi connectivity index (χ2n) is 7.18. The van der Waals surface area contributed by atoms with Crippen molar-refractivity contribution < 1.29 is 31.7 Å². The molecule has 4 fully saturated rings. The van der Waals surface area contributed by atoms with Gasteiger partial charge < -0.3 is 5.11 Å². The number of ketones is 1. The van der Waals surface area contributed by atoms with E-state index in [2.05, 4.69) is 0 Å². The highest BCUT2D eigenvalue weighted by Crippen LogP contribution is 2.62. The van der Waals surface area contributed by atoms with E-state index in [0.29, 0.717) is 25.7 Å². The first-order valence-corrected chi connectivity index (χ1v) is 8.49. The molecule has 4 aliphatic rings. The van der Waals surface area contributed by atoms with E-state index in [9.17, 15) is 27.1 Å². The van der Waals surface area contributed by atoms with Crippen molar-refractivity contribution in [3.63, 3.8) is 0 Å². The Morgan fingerprint density at radius 1 is 1.19 bits per heavy atom. The van der Waals surface area contributed by atoms with Crippen LogP contribution in [0.15, 0.2) is 0 Å². The highest BCUT2D eigenvalue weighted by atomic mass is 32.2. The summed E-state index contributed by atoms with van der Waals surface area (Å²) in [6, 6.07) is 0. The van der Waals surface area contributed by atoms with Gasteiger partial charge in [0.05, 0.1) is 12.0 Å². The number of carbonyl (C=O) groups excluding carboxylic acids is 1. The van der Waals surface area contributed by atoms with Gasteiger partial charge in [-0.05, 0) is 50.4 Å². The number of hydrogen-bond donors (Lipinski definition) is 2. The number of halogens is 2. The summed E-state index contributed by atoms with van der Waals surface area (Å²) >= 11 is 0. The van der Waals surface area contributed by atoms with E-state index in [0.717, 1.165) is 6.42 Å². The summed E-state index contributed by atoms with van der Waals surface area (Å²) in [5, 5.41) is 6.01. The van der Waals surface area contributed by atoms with Crippen molar-refractivity contribution in [3.05, 3.63) is 0 Å².